The third kappa shape index (κ3) is 1.69. The molecule has 0 unspecified atom stereocenters. The van der Waals surface area contributed by atoms with Gasteiger partial charge in [0.2, 0.25) is 0 Å². The second-order valence-corrected chi connectivity index (χ2v) is 4.71. The van der Waals surface area contributed by atoms with Crippen molar-refractivity contribution in [1.29, 1.82) is 0 Å². The Kier molecular flexibility index (Phi) is 2.59. The summed E-state index contributed by atoms with van der Waals surface area (Å²) in [4.78, 5) is 8.99. The van der Waals surface area contributed by atoms with Crippen LogP contribution in [0.2, 0.25) is 0 Å². The largest absolute Gasteiger partial charge is 0.259 e. The molecule has 0 saturated carbocycles. The molecule has 15 heavy (non-hydrogen) atoms. The summed E-state index contributed by atoms with van der Waals surface area (Å²) in [6.45, 7) is 9.44. The molecule has 0 spiro atoms. The quantitative estimate of drug-likeness (QED) is 0.702. The van der Waals surface area contributed by atoms with Crippen LogP contribution in [-0.2, 0) is 0 Å². The van der Waals surface area contributed by atoms with Gasteiger partial charge in [-0.1, -0.05) is 39.8 Å². The van der Waals surface area contributed by atoms with Gasteiger partial charge in [-0.2, -0.15) is 0 Å². The molecule has 1 aromatic rings. The summed E-state index contributed by atoms with van der Waals surface area (Å²) in [5.74, 6) is 1.05. The Labute approximate surface area is 90.8 Å². The maximum Gasteiger partial charge on any atom is 0.130 e. The minimum atomic E-state index is 0.525. The summed E-state index contributed by atoms with van der Waals surface area (Å²) >= 11 is 0. The van der Waals surface area contributed by atoms with E-state index in [0.29, 0.717) is 18.5 Å². The second-order valence-electron chi connectivity index (χ2n) is 4.71. The number of hydrogen-bond acceptors (Lipinski definition) is 2. The van der Waals surface area contributed by atoms with Gasteiger partial charge in [0, 0.05) is 0 Å². The topological polar surface area (TPSA) is 24.7 Å². The Hall–Kier alpha value is -1.18. The van der Waals surface area contributed by atoms with E-state index in [0.717, 1.165) is 10.7 Å². The van der Waals surface area contributed by atoms with Crippen molar-refractivity contribution in [2.45, 2.75) is 39.5 Å². The molecule has 0 bridgehead atoms. The van der Waals surface area contributed by atoms with Crippen LogP contribution in [0.25, 0.3) is 0 Å². The Morgan fingerprint density at radius 3 is 1.60 bits per heavy atom. The van der Waals surface area contributed by atoms with Gasteiger partial charge in [0.1, 0.15) is 6.67 Å². The first-order valence-electron chi connectivity index (χ1n) is 5.63. The van der Waals surface area contributed by atoms with Crippen LogP contribution in [0.4, 0.5) is 0 Å². The molecule has 1 aliphatic rings. The van der Waals surface area contributed by atoms with Crippen molar-refractivity contribution in [3.05, 3.63) is 34.0 Å². The molecule has 0 amide bonds. The molecular formula is C13H18N2. The van der Waals surface area contributed by atoms with Crippen molar-refractivity contribution >= 4 is 0 Å². The van der Waals surface area contributed by atoms with E-state index >= 15 is 0 Å². The van der Waals surface area contributed by atoms with Gasteiger partial charge < -0.3 is 0 Å². The van der Waals surface area contributed by atoms with E-state index in [1.165, 1.54) is 11.1 Å². The second kappa shape index (κ2) is 3.76. The van der Waals surface area contributed by atoms with E-state index in [2.05, 4.69) is 49.8 Å². The van der Waals surface area contributed by atoms with Crippen LogP contribution in [0.5, 0.6) is 0 Å². The van der Waals surface area contributed by atoms with E-state index in [1.807, 2.05) is 0 Å². The van der Waals surface area contributed by atoms with Gasteiger partial charge in [-0.3, -0.25) is 9.98 Å². The maximum atomic E-state index is 4.50. The van der Waals surface area contributed by atoms with Crippen LogP contribution in [0.3, 0.4) is 0 Å². The van der Waals surface area contributed by atoms with Gasteiger partial charge in [-0.15, -0.1) is 0 Å². The zero-order valence-corrected chi connectivity index (χ0v) is 9.91. The monoisotopic (exact) mass is 202 g/mol. The van der Waals surface area contributed by atoms with E-state index in [9.17, 15) is 0 Å². The Morgan fingerprint density at radius 1 is 0.867 bits per heavy atom. The maximum absolute atomic E-state index is 4.50. The lowest BCUT2D eigenvalue weighted by Gasteiger charge is -2.09. The third-order valence-corrected chi connectivity index (χ3v) is 2.92. The average molecular weight is 202 g/mol. The molecule has 1 heterocycles. The predicted octanol–water partition coefficient (Wildman–Crippen LogP) is 2.14. The summed E-state index contributed by atoms with van der Waals surface area (Å²) in [6, 6.07) is 4.42. The van der Waals surface area contributed by atoms with Crippen LogP contribution in [0.15, 0.2) is 22.1 Å². The molecule has 0 saturated heterocycles. The van der Waals surface area contributed by atoms with Crippen molar-refractivity contribution in [2.75, 3.05) is 6.67 Å². The van der Waals surface area contributed by atoms with E-state index < -0.39 is 0 Å². The summed E-state index contributed by atoms with van der Waals surface area (Å²) in [5.41, 5.74) is 2.66. The zero-order valence-electron chi connectivity index (χ0n) is 9.91. The number of hydrogen-bond donors (Lipinski definition) is 0. The molecule has 2 nitrogen and oxygen atoms in total. The highest BCUT2D eigenvalue weighted by atomic mass is 15.0. The van der Waals surface area contributed by atoms with Gasteiger partial charge >= 0.3 is 0 Å². The molecule has 1 aromatic carbocycles. The first kappa shape index (κ1) is 10.3. The molecule has 0 N–H and O–H groups in total. The van der Waals surface area contributed by atoms with Crippen LogP contribution in [-0.4, -0.2) is 6.67 Å². The van der Waals surface area contributed by atoms with Crippen LogP contribution < -0.4 is 10.7 Å². The van der Waals surface area contributed by atoms with Gasteiger partial charge in [0.25, 0.3) is 0 Å². The van der Waals surface area contributed by atoms with E-state index in [1.54, 1.807) is 0 Å². The van der Waals surface area contributed by atoms with Gasteiger partial charge in [0.15, 0.2) is 0 Å². The van der Waals surface area contributed by atoms with Gasteiger partial charge in [-0.05, 0) is 23.0 Å². The molecule has 1 aliphatic heterocycles. The molecule has 0 atom stereocenters. The molecule has 0 aromatic heterocycles. The Morgan fingerprint density at radius 2 is 1.27 bits per heavy atom. The van der Waals surface area contributed by atoms with Crippen molar-refractivity contribution in [3.8, 4) is 0 Å². The van der Waals surface area contributed by atoms with E-state index in [-0.39, 0.29) is 0 Å². The molecule has 0 fully saturated rings. The predicted molar refractivity (Wildman–Crippen MR) is 61.8 cm³/mol. The fraction of sp³-hybridized carbons (Fsp3) is 0.538. The molecule has 2 rings (SSSR count). The van der Waals surface area contributed by atoms with E-state index in [4.69, 9.17) is 0 Å². The third-order valence-electron chi connectivity index (χ3n) is 2.92. The van der Waals surface area contributed by atoms with Crippen molar-refractivity contribution < 1.29 is 0 Å². The number of rotatable bonds is 2. The molecule has 0 aliphatic carbocycles. The zero-order chi connectivity index (χ0) is 11.0. The van der Waals surface area contributed by atoms with Crippen LogP contribution in [0.1, 0.15) is 50.7 Å². The summed E-state index contributed by atoms with van der Waals surface area (Å²) in [7, 11) is 0. The standard InChI is InChI=1S/C13H18N2/c1-8(2)10-5-6-11(9(3)4)13-12(10)14-7-15-13/h5-6,8-9H,7H2,1-4H3. The van der Waals surface area contributed by atoms with Gasteiger partial charge in [0.05, 0.1) is 10.7 Å². The summed E-state index contributed by atoms with van der Waals surface area (Å²) in [5, 5.41) is 2.27. The smallest absolute Gasteiger partial charge is 0.130 e. The minimum absolute atomic E-state index is 0.525. The molecule has 0 radical (unpaired) electrons. The lowest BCUT2D eigenvalue weighted by Crippen LogP contribution is -2.31. The highest BCUT2D eigenvalue weighted by molar-refractivity contribution is 5.27. The van der Waals surface area contributed by atoms with Crippen molar-refractivity contribution in [3.63, 3.8) is 0 Å². The first-order valence-corrected chi connectivity index (χ1v) is 5.63. The fourth-order valence-corrected chi connectivity index (χ4v) is 2.05. The average Bonchev–Trinajstić information content (AvgIpc) is 2.63. The first-order chi connectivity index (χ1) is 7.11. The summed E-state index contributed by atoms with van der Waals surface area (Å²) < 4.78 is 0. The molecule has 80 valence electrons. The lowest BCUT2D eigenvalue weighted by molar-refractivity contribution is 0.820. The highest BCUT2D eigenvalue weighted by Gasteiger charge is 2.12. The Bertz CT molecular complexity index is 439. The number of fused-ring (bicyclic) bond motifs is 1. The van der Waals surface area contributed by atoms with Crippen LogP contribution >= 0.6 is 0 Å². The SMILES string of the molecule is CC(C)c1ccc(C(C)C)c2c1=NCN=2. The molecular weight excluding hydrogens is 184 g/mol. The van der Waals surface area contributed by atoms with Gasteiger partial charge in [-0.25, -0.2) is 0 Å². The summed E-state index contributed by atoms with van der Waals surface area (Å²) in [6.07, 6.45) is 0. The lowest BCUT2D eigenvalue weighted by atomic mass is 9.96. The minimum Gasteiger partial charge on any atom is -0.259 e. The molecule has 2 heteroatoms. The Balaban J connectivity index is 2.72. The number of nitrogens with zero attached hydrogens (tertiary/aromatic N) is 2. The fourth-order valence-electron chi connectivity index (χ4n) is 2.05. The van der Waals surface area contributed by atoms with Crippen molar-refractivity contribution in [2.24, 2.45) is 9.98 Å². The van der Waals surface area contributed by atoms with Crippen LogP contribution in [0, 0.1) is 0 Å². The number of benzene rings is 1. The highest BCUT2D eigenvalue weighted by Crippen LogP contribution is 2.13. The van der Waals surface area contributed by atoms with Crippen molar-refractivity contribution in [1.82, 2.24) is 0 Å². The normalized spacial score (nSPS) is 14.0.